The maximum absolute atomic E-state index is 6.30. The van der Waals surface area contributed by atoms with Gasteiger partial charge in [-0.05, 0) is 32.8 Å². The van der Waals surface area contributed by atoms with Crippen molar-refractivity contribution in [2.24, 2.45) is 0 Å². The molecule has 2 aromatic heterocycles. The van der Waals surface area contributed by atoms with Crippen molar-refractivity contribution < 1.29 is 0 Å². The molecule has 0 spiro atoms. The third-order valence-electron chi connectivity index (χ3n) is 3.90. The third-order valence-corrected chi connectivity index (χ3v) is 4.10. The zero-order valence-corrected chi connectivity index (χ0v) is 12.2. The van der Waals surface area contributed by atoms with Crippen molar-refractivity contribution in [2.45, 2.75) is 51.5 Å². The second-order valence-electron chi connectivity index (χ2n) is 4.99. The zero-order valence-electron chi connectivity index (χ0n) is 11.4. The lowest BCUT2D eigenvalue weighted by atomic mass is 9.94. The van der Waals surface area contributed by atoms with E-state index < -0.39 is 0 Å². The normalized spacial score (nSPS) is 14.1. The van der Waals surface area contributed by atoms with Gasteiger partial charge in [0.25, 0.3) is 0 Å². The van der Waals surface area contributed by atoms with Crippen molar-refractivity contribution in [3.05, 3.63) is 24.3 Å². The lowest BCUT2D eigenvalue weighted by Gasteiger charge is -2.32. The average molecular weight is 266 g/mol. The van der Waals surface area contributed by atoms with Crippen LogP contribution in [-0.2, 0) is 5.54 Å². The Bertz CT molecular complexity index is 541. The molecule has 1 atom stereocenters. The molecule has 0 aliphatic carbocycles. The topological polar surface area (TPSA) is 30.7 Å². The standard InChI is InChI=1S/C14H20ClN3/c1-5-14(4,6-2)18-12-7-8-16-9-11(12)17-13(18)10(3)15/h7-10H,5-6H2,1-4H3. The molecule has 4 heteroatoms. The Morgan fingerprint density at radius 1 is 1.39 bits per heavy atom. The summed E-state index contributed by atoms with van der Waals surface area (Å²) in [4.78, 5) is 8.78. The van der Waals surface area contributed by atoms with E-state index in [4.69, 9.17) is 11.6 Å². The van der Waals surface area contributed by atoms with E-state index in [1.807, 2.05) is 19.2 Å². The van der Waals surface area contributed by atoms with Gasteiger partial charge in [0.1, 0.15) is 11.3 Å². The zero-order chi connectivity index (χ0) is 13.3. The van der Waals surface area contributed by atoms with Crippen LogP contribution < -0.4 is 0 Å². The summed E-state index contributed by atoms with van der Waals surface area (Å²) in [7, 11) is 0. The number of fused-ring (bicyclic) bond motifs is 1. The fourth-order valence-electron chi connectivity index (χ4n) is 2.35. The van der Waals surface area contributed by atoms with Crippen LogP contribution in [0.15, 0.2) is 18.5 Å². The molecule has 0 saturated carbocycles. The molecule has 0 aliphatic rings. The van der Waals surface area contributed by atoms with Crippen LogP contribution >= 0.6 is 11.6 Å². The van der Waals surface area contributed by atoms with Crippen LogP contribution in [0.5, 0.6) is 0 Å². The molecule has 18 heavy (non-hydrogen) atoms. The minimum atomic E-state index is -0.102. The summed E-state index contributed by atoms with van der Waals surface area (Å²) in [5.41, 5.74) is 2.10. The lowest BCUT2D eigenvalue weighted by Crippen LogP contribution is -2.30. The Labute approximate surface area is 113 Å². The molecule has 0 radical (unpaired) electrons. The number of imidazole rings is 1. The summed E-state index contributed by atoms with van der Waals surface area (Å²) in [5.74, 6) is 0.936. The first-order chi connectivity index (χ1) is 8.53. The molecular formula is C14H20ClN3. The highest BCUT2D eigenvalue weighted by Gasteiger charge is 2.28. The molecule has 0 aromatic carbocycles. The van der Waals surface area contributed by atoms with E-state index in [0.717, 1.165) is 29.7 Å². The lowest BCUT2D eigenvalue weighted by molar-refractivity contribution is 0.293. The number of halogens is 1. The molecule has 3 nitrogen and oxygen atoms in total. The van der Waals surface area contributed by atoms with E-state index in [1.165, 1.54) is 0 Å². The number of rotatable bonds is 4. The smallest absolute Gasteiger partial charge is 0.128 e. The fourth-order valence-corrected chi connectivity index (χ4v) is 2.50. The predicted molar refractivity (Wildman–Crippen MR) is 76.0 cm³/mol. The molecule has 0 aliphatic heterocycles. The van der Waals surface area contributed by atoms with E-state index in [2.05, 4.69) is 35.3 Å². The van der Waals surface area contributed by atoms with Crippen LogP contribution in [-0.4, -0.2) is 14.5 Å². The van der Waals surface area contributed by atoms with Gasteiger partial charge in [0, 0.05) is 11.7 Å². The molecule has 2 heterocycles. The van der Waals surface area contributed by atoms with E-state index in [0.29, 0.717) is 0 Å². The molecule has 0 bridgehead atoms. The SMILES string of the molecule is CCC(C)(CC)n1c(C(C)Cl)nc2cnccc21. The minimum absolute atomic E-state index is 0.0502. The van der Waals surface area contributed by atoms with E-state index in [-0.39, 0.29) is 10.9 Å². The van der Waals surface area contributed by atoms with E-state index in [9.17, 15) is 0 Å². The first-order valence-electron chi connectivity index (χ1n) is 6.50. The molecule has 98 valence electrons. The highest BCUT2D eigenvalue weighted by molar-refractivity contribution is 6.20. The summed E-state index contributed by atoms with van der Waals surface area (Å²) >= 11 is 6.30. The molecular weight excluding hydrogens is 246 g/mol. The van der Waals surface area contributed by atoms with Crippen LogP contribution in [0.3, 0.4) is 0 Å². The van der Waals surface area contributed by atoms with Crippen molar-refractivity contribution in [1.82, 2.24) is 14.5 Å². The van der Waals surface area contributed by atoms with Gasteiger partial charge in [-0.1, -0.05) is 13.8 Å². The van der Waals surface area contributed by atoms with Crippen molar-refractivity contribution >= 4 is 22.6 Å². The Balaban J connectivity index is 2.77. The first-order valence-corrected chi connectivity index (χ1v) is 6.94. The first kappa shape index (κ1) is 13.3. The van der Waals surface area contributed by atoms with Gasteiger partial charge in [0.15, 0.2) is 0 Å². The molecule has 2 aromatic rings. The summed E-state index contributed by atoms with van der Waals surface area (Å²) in [6, 6.07) is 2.02. The van der Waals surface area contributed by atoms with Crippen LogP contribution in [0.4, 0.5) is 0 Å². The Morgan fingerprint density at radius 3 is 2.61 bits per heavy atom. The monoisotopic (exact) mass is 265 g/mol. The van der Waals surface area contributed by atoms with Crippen molar-refractivity contribution in [1.29, 1.82) is 0 Å². The number of pyridine rings is 1. The molecule has 0 N–H and O–H groups in total. The highest BCUT2D eigenvalue weighted by atomic mass is 35.5. The van der Waals surface area contributed by atoms with Crippen LogP contribution in [0.2, 0.25) is 0 Å². The van der Waals surface area contributed by atoms with Gasteiger partial charge >= 0.3 is 0 Å². The van der Waals surface area contributed by atoms with Gasteiger partial charge in [0.05, 0.1) is 17.1 Å². The number of nitrogens with zero attached hydrogens (tertiary/aromatic N) is 3. The molecule has 0 saturated heterocycles. The van der Waals surface area contributed by atoms with Crippen molar-refractivity contribution in [2.75, 3.05) is 0 Å². The molecule has 0 fully saturated rings. The maximum atomic E-state index is 6.30. The van der Waals surface area contributed by atoms with Crippen LogP contribution in [0, 0.1) is 0 Å². The van der Waals surface area contributed by atoms with Gasteiger partial charge < -0.3 is 4.57 Å². The number of alkyl halides is 1. The van der Waals surface area contributed by atoms with E-state index >= 15 is 0 Å². The second-order valence-corrected chi connectivity index (χ2v) is 5.64. The Kier molecular flexibility index (Phi) is 3.62. The van der Waals surface area contributed by atoms with Gasteiger partial charge in [-0.15, -0.1) is 11.6 Å². The number of aromatic nitrogens is 3. The van der Waals surface area contributed by atoms with Crippen molar-refractivity contribution in [3.8, 4) is 0 Å². The summed E-state index contributed by atoms with van der Waals surface area (Å²) in [6.07, 6.45) is 5.72. The number of hydrogen-bond donors (Lipinski definition) is 0. The highest BCUT2D eigenvalue weighted by Crippen LogP contribution is 2.34. The van der Waals surface area contributed by atoms with E-state index in [1.54, 1.807) is 6.20 Å². The fraction of sp³-hybridized carbons (Fsp3) is 0.571. The van der Waals surface area contributed by atoms with Gasteiger partial charge in [-0.2, -0.15) is 0 Å². The predicted octanol–water partition coefficient (Wildman–Crippen LogP) is 4.27. The molecule has 1 unspecified atom stereocenters. The summed E-state index contributed by atoms with van der Waals surface area (Å²) in [6.45, 7) is 8.65. The van der Waals surface area contributed by atoms with Crippen molar-refractivity contribution in [3.63, 3.8) is 0 Å². The number of hydrogen-bond acceptors (Lipinski definition) is 2. The summed E-state index contributed by atoms with van der Waals surface area (Å²) < 4.78 is 2.29. The van der Waals surface area contributed by atoms with Crippen LogP contribution in [0.1, 0.15) is 51.7 Å². The largest absolute Gasteiger partial charge is 0.321 e. The van der Waals surface area contributed by atoms with Gasteiger partial charge in [0.2, 0.25) is 0 Å². The van der Waals surface area contributed by atoms with Gasteiger partial charge in [-0.3, -0.25) is 4.98 Å². The molecule has 0 amide bonds. The third kappa shape index (κ3) is 2.01. The molecule has 2 rings (SSSR count). The second kappa shape index (κ2) is 4.88. The maximum Gasteiger partial charge on any atom is 0.128 e. The Morgan fingerprint density at radius 2 is 2.06 bits per heavy atom. The van der Waals surface area contributed by atoms with Gasteiger partial charge in [-0.25, -0.2) is 4.98 Å². The summed E-state index contributed by atoms with van der Waals surface area (Å²) in [5, 5.41) is -0.102. The quantitative estimate of drug-likeness (QED) is 0.773. The Hall–Kier alpha value is -1.09. The van der Waals surface area contributed by atoms with Crippen LogP contribution in [0.25, 0.3) is 11.0 Å². The average Bonchev–Trinajstić information content (AvgIpc) is 2.78. The minimum Gasteiger partial charge on any atom is -0.321 e.